The molecule has 2 rings (SSSR count). The van der Waals surface area contributed by atoms with Crippen molar-refractivity contribution in [3.63, 3.8) is 0 Å². The van der Waals surface area contributed by atoms with Crippen molar-refractivity contribution in [3.05, 3.63) is 24.0 Å². The molecule has 0 saturated carbocycles. The third-order valence-electron chi connectivity index (χ3n) is 3.96. The van der Waals surface area contributed by atoms with Gasteiger partial charge in [0.1, 0.15) is 5.82 Å². The number of imidazole rings is 1. The predicted octanol–water partition coefficient (Wildman–Crippen LogP) is 3.05. The van der Waals surface area contributed by atoms with Gasteiger partial charge in [0.2, 0.25) is 5.91 Å². The zero-order valence-corrected chi connectivity index (χ0v) is 13.4. The first-order chi connectivity index (χ1) is 10.0. The number of carbonyl (C=O) groups is 1. The van der Waals surface area contributed by atoms with E-state index in [2.05, 4.69) is 4.98 Å². The second kappa shape index (κ2) is 6.16. The fraction of sp³-hybridized carbons (Fsp3) is 0.500. The molecule has 0 saturated heterocycles. The molecule has 0 unspecified atom stereocenters. The van der Waals surface area contributed by atoms with Crippen LogP contribution in [-0.2, 0) is 4.79 Å². The summed E-state index contributed by atoms with van der Waals surface area (Å²) in [5, 5.41) is 0. The lowest BCUT2D eigenvalue weighted by molar-refractivity contribution is -0.122. The summed E-state index contributed by atoms with van der Waals surface area (Å²) in [6.45, 7) is 6.01. The third-order valence-corrected chi connectivity index (χ3v) is 3.96. The number of fused-ring (bicyclic) bond motifs is 1. The number of pyridine rings is 1. The van der Waals surface area contributed by atoms with Crippen LogP contribution in [0.4, 0.5) is 5.82 Å². The van der Waals surface area contributed by atoms with Gasteiger partial charge in [-0.1, -0.05) is 13.8 Å². The van der Waals surface area contributed by atoms with Gasteiger partial charge >= 0.3 is 0 Å². The van der Waals surface area contributed by atoms with Crippen LogP contribution in [0.5, 0.6) is 5.75 Å². The van der Waals surface area contributed by atoms with Crippen molar-refractivity contribution in [2.45, 2.75) is 33.6 Å². The Morgan fingerprint density at radius 1 is 1.43 bits per heavy atom. The molecule has 2 aromatic heterocycles. The summed E-state index contributed by atoms with van der Waals surface area (Å²) in [6, 6.07) is 3.76. The molecule has 0 aliphatic heterocycles. The van der Waals surface area contributed by atoms with Crippen molar-refractivity contribution in [1.29, 1.82) is 0 Å². The molecule has 114 valence electrons. The molecule has 0 atom stereocenters. The molecule has 2 aromatic rings. The Balaban J connectivity index is 2.51. The molecule has 0 bridgehead atoms. The number of amides is 1. The summed E-state index contributed by atoms with van der Waals surface area (Å²) < 4.78 is 7.25. The zero-order chi connectivity index (χ0) is 15.6. The highest BCUT2D eigenvalue weighted by Crippen LogP contribution is 2.28. The topological polar surface area (TPSA) is 46.8 Å². The molecule has 2 heterocycles. The van der Waals surface area contributed by atoms with E-state index in [-0.39, 0.29) is 11.8 Å². The maximum Gasteiger partial charge on any atom is 0.230 e. The largest absolute Gasteiger partial charge is 0.493 e. The lowest BCUT2D eigenvalue weighted by Crippen LogP contribution is -2.33. The van der Waals surface area contributed by atoms with Crippen molar-refractivity contribution < 1.29 is 9.53 Å². The predicted molar refractivity (Wildman–Crippen MR) is 84.0 cm³/mol. The molecule has 1 amide bonds. The number of rotatable bonds is 5. The molecule has 0 fully saturated rings. The number of aromatic nitrogens is 2. The number of aryl methyl sites for hydroxylation is 1. The molecular formula is C16H23N3O2. The quantitative estimate of drug-likeness (QED) is 0.850. The maximum atomic E-state index is 12.6. The summed E-state index contributed by atoms with van der Waals surface area (Å²) in [5.41, 5.74) is 1.55. The summed E-state index contributed by atoms with van der Waals surface area (Å²) in [7, 11) is 3.44. The van der Waals surface area contributed by atoms with Crippen molar-refractivity contribution in [2.24, 2.45) is 5.92 Å². The monoisotopic (exact) mass is 289 g/mol. The van der Waals surface area contributed by atoms with E-state index >= 15 is 0 Å². The highest BCUT2D eigenvalue weighted by Gasteiger charge is 2.24. The van der Waals surface area contributed by atoms with Gasteiger partial charge in [0.15, 0.2) is 11.4 Å². The van der Waals surface area contributed by atoms with Crippen LogP contribution < -0.4 is 9.64 Å². The molecular weight excluding hydrogens is 266 g/mol. The van der Waals surface area contributed by atoms with E-state index in [1.807, 2.05) is 50.5 Å². The number of ether oxygens (including phenoxy) is 1. The first kappa shape index (κ1) is 15.4. The molecule has 0 N–H and O–H groups in total. The van der Waals surface area contributed by atoms with E-state index in [0.29, 0.717) is 5.75 Å². The first-order valence-electron chi connectivity index (χ1n) is 7.34. The van der Waals surface area contributed by atoms with Crippen molar-refractivity contribution >= 4 is 17.4 Å². The third kappa shape index (κ3) is 2.60. The Hall–Kier alpha value is -2.04. The molecule has 0 spiro atoms. The van der Waals surface area contributed by atoms with E-state index in [1.54, 1.807) is 12.0 Å². The van der Waals surface area contributed by atoms with Crippen LogP contribution in [-0.4, -0.2) is 29.4 Å². The van der Waals surface area contributed by atoms with Crippen molar-refractivity contribution in [1.82, 2.24) is 9.38 Å². The Morgan fingerprint density at radius 3 is 2.67 bits per heavy atom. The number of carbonyl (C=O) groups excluding carboxylic acids is 1. The van der Waals surface area contributed by atoms with Gasteiger partial charge in [-0.2, -0.15) is 0 Å². The normalized spacial score (nSPS) is 11.1. The van der Waals surface area contributed by atoms with Crippen LogP contribution in [0.25, 0.3) is 5.65 Å². The Morgan fingerprint density at radius 2 is 2.10 bits per heavy atom. The second-order valence-electron chi connectivity index (χ2n) is 5.20. The van der Waals surface area contributed by atoms with Crippen LogP contribution in [0.3, 0.4) is 0 Å². The van der Waals surface area contributed by atoms with Crippen LogP contribution in [0, 0.1) is 12.8 Å². The van der Waals surface area contributed by atoms with Gasteiger partial charge in [0.05, 0.1) is 12.8 Å². The smallest absolute Gasteiger partial charge is 0.230 e. The average Bonchev–Trinajstić information content (AvgIpc) is 2.83. The maximum absolute atomic E-state index is 12.6. The summed E-state index contributed by atoms with van der Waals surface area (Å²) in [4.78, 5) is 18.9. The SMILES string of the molecule is CCC(CC)C(=O)N(C)c1c(C)nc2c(OC)cccn12. The van der Waals surface area contributed by atoms with Crippen LogP contribution in [0.15, 0.2) is 18.3 Å². The molecule has 5 nitrogen and oxygen atoms in total. The van der Waals surface area contributed by atoms with E-state index in [1.165, 1.54) is 0 Å². The van der Waals surface area contributed by atoms with Gasteiger partial charge in [0, 0.05) is 19.2 Å². The van der Waals surface area contributed by atoms with Gasteiger partial charge in [0.25, 0.3) is 0 Å². The lowest BCUT2D eigenvalue weighted by atomic mass is 10.0. The molecule has 21 heavy (non-hydrogen) atoms. The Labute approximate surface area is 125 Å². The van der Waals surface area contributed by atoms with Crippen LogP contribution in [0.2, 0.25) is 0 Å². The highest BCUT2D eigenvalue weighted by molar-refractivity contribution is 5.94. The minimum Gasteiger partial charge on any atom is -0.493 e. The van der Waals surface area contributed by atoms with E-state index in [0.717, 1.165) is 30.0 Å². The lowest BCUT2D eigenvalue weighted by Gasteiger charge is -2.22. The molecule has 5 heteroatoms. The van der Waals surface area contributed by atoms with Gasteiger partial charge < -0.3 is 4.74 Å². The number of nitrogens with zero attached hydrogens (tertiary/aromatic N) is 3. The van der Waals surface area contributed by atoms with E-state index in [9.17, 15) is 4.79 Å². The fourth-order valence-corrected chi connectivity index (χ4v) is 2.72. The van der Waals surface area contributed by atoms with Gasteiger partial charge in [-0.25, -0.2) is 4.98 Å². The number of hydrogen-bond acceptors (Lipinski definition) is 3. The standard InChI is InChI=1S/C16H23N3O2/c1-6-12(7-2)16(20)18(4)15-11(3)17-14-13(21-5)9-8-10-19(14)15/h8-10,12H,6-7H2,1-5H3. The zero-order valence-electron chi connectivity index (χ0n) is 13.4. The van der Waals surface area contributed by atoms with Gasteiger partial charge in [-0.15, -0.1) is 0 Å². The van der Waals surface area contributed by atoms with Crippen LogP contribution in [0.1, 0.15) is 32.4 Å². The average molecular weight is 289 g/mol. The van der Waals surface area contributed by atoms with Gasteiger partial charge in [-0.05, 0) is 31.9 Å². The molecule has 0 aromatic carbocycles. The van der Waals surface area contributed by atoms with E-state index in [4.69, 9.17) is 4.74 Å². The molecule has 0 aliphatic carbocycles. The highest BCUT2D eigenvalue weighted by atomic mass is 16.5. The Kier molecular flexibility index (Phi) is 4.50. The summed E-state index contributed by atoms with van der Waals surface area (Å²) in [5.74, 6) is 1.69. The van der Waals surface area contributed by atoms with Crippen molar-refractivity contribution in [3.8, 4) is 5.75 Å². The van der Waals surface area contributed by atoms with Gasteiger partial charge in [-0.3, -0.25) is 14.1 Å². The number of methoxy groups -OCH3 is 1. The minimum absolute atomic E-state index is 0.0468. The van der Waals surface area contributed by atoms with Crippen molar-refractivity contribution in [2.75, 3.05) is 19.1 Å². The second-order valence-corrected chi connectivity index (χ2v) is 5.20. The summed E-state index contributed by atoms with van der Waals surface area (Å²) in [6.07, 6.45) is 3.60. The van der Waals surface area contributed by atoms with E-state index < -0.39 is 0 Å². The molecule has 0 radical (unpaired) electrons. The van der Waals surface area contributed by atoms with Crippen LogP contribution >= 0.6 is 0 Å². The first-order valence-corrected chi connectivity index (χ1v) is 7.34. The summed E-state index contributed by atoms with van der Waals surface area (Å²) >= 11 is 0. The Bertz CT molecular complexity index is 644. The minimum atomic E-state index is 0.0468. The number of anilines is 1. The molecule has 0 aliphatic rings. The fourth-order valence-electron chi connectivity index (χ4n) is 2.72. The number of hydrogen-bond donors (Lipinski definition) is 0.